The fourth-order valence-electron chi connectivity index (χ4n) is 1.43. The zero-order valence-corrected chi connectivity index (χ0v) is 10.1. The van der Waals surface area contributed by atoms with E-state index in [1.165, 1.54) is 0 Å². The maximum atomic E-state index is 12.6. The van der Waals surface area contributed by atoms with Crippen molar-refractivity contribution in [1.82, 2.24) is 4.98 Å². The SMILES string of the molecule is NCCc1nc2cc(C(F)(F)F)cc(Br)c2o1. The van der Waals surface area contributed by atoms with Gasteiger partial charge < -0.3 is 10.2 Å². The normalized spacial score (nSPS) is 12.3. The molecule has 1 aromatic carbocycles. The molecule has 0 saturated carbocycles. The lowest BCUT2D eigenvalue weighted by molar-refractivity contribution is -0.137. The van der Waals surface area contributed by atoms with E-state index in [-0.39, 0.29) is 9.99 Å². The summed E-state index contributed by atoms with van der Waals surface area (Å²) in [6.45, 7) is 0.330. The number of aromatic nitrogens is 1. The Morgan fingerprint density at radius 3 is 2.65 bits per heavy atom. The molecular weight excluding hydrogens is 301 g/mol. The summed E-state index contributed by atoms with van der Waals surface area (Å²) in [7, 11) is 0. The summed E-state index contributed by atoms with van der Waals surface area (Å²) < 4.78 is 43.2. The van der Waals surface area contributed by atoms with Crippen LogP contribution in [0.15, 0.2) is 21.0 Å². The minimum atomic E-state index is -4.40. The topological polar surface area (TPSA) is 52.0 Å². The molecule has 0 unspecified atom stereocenters. The van der Waals surface area contributed by atoms with Gasteiger partial charge in [0.25, 0.3) is 0 Å². The number of nitrogens with zero attached hydrogens (tertiary/aromatic N) is 1. The molecule has 0 amide bonds. The minimum Gasteiger partial charge on any atom is -0.439 e. The number of rotatable bonds is 2. The molecule has 0 fully saturated rings. The highest BCUT2D eigenvalue weighted by molar-refractivity contribution is 9.10. The van der Waals surface area contributed by atoms with Crippen LogP contribution in [-0.2, 0) is 12.6 Å². The molecule has 2 rings (SSSR count). The molecule has 7 heteroatoms. The van der Waals surface area contributed by atoms with Gasteiger partial charge in [0.1, 0.15) is 5.52 Å². The van der Waals surface area contributed by atoms with Gasteiger partial charge in [-0.15, -0.1) is 0 Å². The third kappa shape index (κ3) is 2.44. The van der Waals surface area contributed by atoms with Crippen molar-refractivity contribution in [3.8, 4) is 0 Å². The lowest BCUT2D eigenvalue weighted by atomic mass is 10.2. The van der Waals surface area contributed by atoms with Gasteiger partial charge in [-0.1, -0.05) is 0 Å². The zero-order chi connectivity index (χ0) is 12.6. The first-order valence-corrected chi connectivity index (χ1v) is 5.57. The summed E-state index contributed by atoms with van der Waals surface area (Å²) >= 11 is 3.04. The summed E-state index contributed by atoms with van der Waals surface area (Å²) in [4.78, 5) is 3.96. The van der Waals surface area contributed by atoms with Crippen LogP contribution in [0.25, 0.3) is 11.1 Å². The lowest BCUT2D eigenvalue weighted by Crippen LogP contribution is -2.04. The molecule has 0 radical (unpaired) electrons. The van der Waals surface area contributed by atoms with Gasteiger partial charge in [0.15, 0.2) is 11.5 Å². The third-order valence-corrected chi connectivity index (χ3v) is 2.76. The van der Waals surface area contributed by atoms with Crippen molar-refractivity contribution in [2.75, 3.05) is 6.54 Å². The average Bonchev–Trinajstić information content (AvgIpc) is 2.60. The molecule has 3 nitrogen and oxygen atoms in total. The number of hydrogen-bond donors (Lipinski definition) is 1. The van der Waals surface area contributed by atoms with Gasteiger partial charge in [0.2, 0.25) is 0 Å². The predicted molar refractivity (Wildman–Crippen MR) is 59.5 cm³/mol. The van der Waals surface area contributed by atoms with Gasteiger partial charge in [-0.2, -0.15) is 13.2 Å². The van der Waals surface area contributed by atoms with Gasteiger partial charge in [0, 0.05) is 13.0 Å². The first-order valence-electron chi connectivity index (χ1n) is 4.78. The second kappa shape index (κ2) is 4.30. The van der Waals surface area contributed by atoms with Crippen LogP contribution < -0.4 is 5.73 Å². The quantitative estimate of drug-likeness (QED) is 0.927. The zero-order valence-electron chi connectivity index (χ0n) is 8.51. The summed E-state index contributed by atoms with van der Waals surface area (Å²) in [5.41, 5.74) is 5.05. The van der Waals surface area contributed by atoms with Gasteiger partial charge in [-0.25, -0.2) is 4.98 Å². The first-order chi connectivity index (χ1) is 7.91. The van der Waals surface area contributed by atoms with Crippen molar-refractivity contribution in [3.63, 3.8) is 0 Å². The summed E-state index contributed by atoms with van der Waals surface area (Å²) in [6, 6.07) is 1.93. The molecule has 0 saturated heterocycles. The predicted octanol–water partition coefficient (Wildman–Crippen LogP) is 3.11. The van der Waals surface area contributed by atoms with Gasteiger partial charge in [-0.3, -0.25) is 0 Å². The third-order valence-electron chi connectivity index (χ3n) is 2.17. The Morgan fingerprint density at radius 1 is 1.35 bits per heavy atom. The van der Waals surface area contributed by atoms with Crippen molar-refractivity contribution >= 4 is 27.0 Å². The van der Waals surface area contributed by atoms with E-state index in [1.54, 1.807) is 0 Å². The lowest BCUT2D eigenvalue weighted by Gasteiger charge is -2.06. The van der Waals surface area contributed by atoms with E-state index in [0.29, 0.717) is 24.4 Å². The maximum Gasteiger partial charge on any atom is 0.416 e. The minimum absolute atomic E-state index is 0.176. The van der Waals surface area contributed by atoms with Gasteiger partial charge in [-0.05, 0) is 28.1 Å². The molecule has 2 aromatic rings. The molecule has 0 bridgehead atoms. The van der Waals surface area contributed by atoms with Crippen molar-refractivity contribution in [3.05, 3.63) is 28.1 Å². The average molecular weight is 309 g/mol. The Hall–Kier alpha value is -1.08. The molecule has 2 N–H and O–H groups in total. The molecule has 0 aliphatic heterocycles. The standard InChI is InChI=1S/C10H8BrF3N2O/c11-6-3-5(10(12,13)14)4-7-9(6)17-8(16-7)1-2-15/h3-4H,1-2,15H2. The van der Waals surface area contributed by atoms with E-state index < -0.39 is 11.7 Å². The van der Waals surface area contributed by atoms with Crippen LogP contribution in [0.3, 0.4) is 0 Å². The van der Waals surface area contributed by atoms with E-state index in [4.69, 9.17) is 10.2 Å². The second-order valence-corrected chi connectivity index (χ2v) is 4.30. The summed E-state index contributed by atoms with van der Waals surface area (Å²) in [5, 5.41) is 0. The monoisotopic (exact) mass is 308 g/mol. The number of nitrogens with two attached hydrogens (primary N) is 1. The van der Waals surface area contributed by atoms with Crippen LogP contribution in [0.2, 0.25) is 0 Å². The Morgan fingerprint density at radius 2 is 2.06 bits per heavy atom. The first kappa shape index (κ1) is 12.4. The van der Waals surface area contributed by atoms with E-state index in [1.807, 2.05) is 0 Å². The molecule has 1 aromatic heterocycles. The Bertz CT molecular complexity index is 550. The van der Waals surface area contributed by atoms with Crippen molar-refractivity contribution in [2.45, 2.75) is 12.6 Å². The molecule has 1 heterocycles. The van der Waals surface area contributed by atoms with Crippen LogP contribution >= 0.6 is 15.9 Å². The fraction of sp³-hybridized carbons (Fsp3) is 0.300. The molecule has 92 valence electrons. The molecule has 17 heavy (non-hydrogen) atoms. The Labute approximate surface area is 103 Å². The Balaban J connectivity index is 2.57. The highest BCUT2D eigenvalue weighted by atomic mass is 79.9. The van der Waals surface area contributed by atoms with Crippen molar-refractivity contribution in [1.29, 1.82) is 0 Å². The summed E-state index contributed by atoms with van der Waals surface area (Å²) in [5.74, 6) is 0.336. The number of benzene rings is 1. The molecule has 0 aliphatic carbocycles. The fourth-order valence-corrected chi connectivity index (χ4v) is 1.96. The summed E-state index contributed by atoms with van der Waals surface area (Å²) in [6.07, 6.45) is -4.01. The largest absolute Gasteiger partial charge is 0.439 e. The van der Waals surface area contributed by atoms with Gasteiger partial charge in [0.05, 0.1) is 10.0 Å². The van der Waals surface area contributed by atoms with E-state index in [0.717, 1.165) is 12.1 Å². The number of fused-ring (bicyclic) bond motifs is 1. The van der Waals surface area contributed by atoms with Crippen LogP contribution in [0.1, 0.15) is 11.5 Å². The van der Waals surface area contributed by atoms with Crippen LogP contribution in [0.4, 0.5) is 13.2 Å². The highest BCUT2D eigenvalue weighted by Gasteiger charge is 2.32. The smallest absolute Gasteiger partial charge is 0.416 e. The van der Waals surface area contributed by atoms with E-state index >= 15 is 0 Å². The van der Waals surface area contributed by atoms with Crippen molar-refractivity contribution < 1.29 is 17.6 Å². The number of alkyl halides is 3. The second-order valence-electron chi connectivity index (χ2n) is 3.45. The Kier molecular flexibility index (Phi) is 3.13. The van der Waals surface area contributed by atoms with Crippen LogP contribution in [0, 0.1) is 0 Å². The van der Waals surface area contributed by atoms with Crippen molar-refractivity contribution in [2.24, 2.45) is 5.73 Å². The van der Waals surface area contributed by atoms with Crippen LogP contribution in [0.5, 0.6) is 0 Å². The van der Waals surface area contributed by atoms with Gasteiger partial charge >= 0.3 is 6.18 Å². The molecular formula is C10H8BrF3N2O. The molecule has 0 spiro atoms. The van der Waals surface area contributed by atoms with E-state index in [9.17, 15) is 13.2 Å². The highest BCUT2D eigenvalue weighted by Crippen LogP contribution is 2.35. The van der Waals surface area contributed by atoms with Crippen LogP contribution in [-0.4, -0.2) is 11.5 Å². The number of oxazole rings is 1. The molecule has 0 aliphatic rings. The molecule has 0 atom stereocenters. The number of halogens is 4. The van der Waals surface area contributed by atoms with E-state index in [2.05, 4.69) is 20.9 Å². The number of hydrogen-bond acceptors (Lipinski definition) is 3. The maximum absolute atomic E-state index is 12.6.